The highest BCUT2D eigenvalue weighted by Gasteiger charge is 2.29. The Morgan fingerprint density at radius 3 is 2.34 bits per heavy atom. The van der Waals surface area contributed by atoms with Gasteiger partial charge in [0.2, 0.25) is 0 Å². The number of rotatable bonds is 3. The number of carbonyl (C=O) groups excluding carboxylic acids is 1. The van der Waals surface area contributed by atoms with Crippen molar-refractivity contribution in [2.45, 2.75) is 6.54 Å². The van der Waals surface area contributed by atoms with Crippen molar-refractivity contribution in [2.75, 3.05) is 41.3 Å². The predicted octanol–water partition coefficient (Wildman–Crippen LogP) is 4.00. The van der Waals surface area contributed by atoms with Crippen molar-refractivity contribution >= 4 is 28.7 Å². The van der Waals surface area contributed by atoms with E-state index < -0.39 is 0 Å². The molecule has 0 saturated carbocycles. The van der Waals surface area contributed by atoms with Gasteiger partial charge in [-0.2, -0.15) is 0 Å². The highest BCUT2D eigenvalue weighted by molar-refractivity contribution is 6.15. The van der Waals surface area contributed by atoms with Crippen LogP contribution in [0.3, 0.4) is 0 Å². The zero-order valence-electron chi connectivity index (χ0n) is 16.3. The molecule has 3 aromatic carbocycles. The van der Waals surface area contributed by atoms with Crippen LogP contribution in [0.1, 0.15) is 15.9 Å². The minimum Gasteiger partial charge on any atom is -0.367 e. The number of nitrogens with zero attached hydrogens (tertiary/aromatic N) is 2. The second-order valence-corrected chi connectivity index (χ2v) is 7.46. The minimum atomic E-state index is 0.0262. The molecule has 0 aliphatic carbocycles. The number of nitrogens with one attached hydrogen (secondary N) is 2. The van der Waals surface area contributed by atoms with E-state index in [2.05, 4.69) is 33.7 Å². The summed E-state index contributed by atoms with van der Waals surface area (Å²) in [4.78, 5) is 17.9. The number of carbonyl (C=O) groups is 1. The van der Waals surface area contributed by atoms with Crippen molar-refractivity contribution < 1.29 is 4.79 Å². The number of benzene rings is 3. The number of hydrogen-bond donors (Lipinski definition) is 2. The van der Waals surface area contributed by atoms with E-state index in [0.29, 0.717) is 12.1 Å². The second-order valence-electron chi connectivity index (χ2n) is 7.46. The van der Waals surface area contributed by atoms with E-state index in [4.69, 9.17) is 0 Å². The van der Waals surface area contributed by atoms with Gasteiger partial charge in [0.25, 0.3) is 5.91 Å². The van der Waals surface area contributed by atoms with Crippen molar-refractivity contribution in [1.29, 1.82) is 0 Å². The van der Waals surface area contributed by atoms with Crippen molar-refractivity contribution in [3.63, 3.8) is 0 Å². The van der Waals surface area contributed by atoms with Gasteiger partial charge < -0.3 is 20.4 Å². The van der Waals surface area contributed by atoms with E-state index in [0.717, 1.165) is 54.5 Å². The third kappa shape index (κ3) is 3.34. The lowest BCUT2D eigenvalue weighted by atomic mass is 10.1. The van der Waals surface area contributed by atoms with Gasteiger partial charge in [-0.05, 0) is 29.8 Å². The summed E-state index contributed by atoms with van der Waals surface area (Å²) in [6, 6.07) is 24.2. The van der Waals surface area contributed by atoms with Gasteiger partial charge in [-0.3, -0.25) is 4.79 Å². The Labute approximate surface area is 171 Å². The van der Waals surface area contributed by atoms with Crippen LogP contribution in [0.4, 0.5) is 22.7 Å². The average molecular weight is 384 g/mol. The summed E-state index contributed by atoms with van der Waals surface area (Å²) < 4.78 is 0. The summed E-state index contributed by atoms with van der Waals surface area (Å²) in [5, 5.41) is 6.99. The van der Waals surface area contributed by atoms with Gasteiger partial charge in [-0.1, -0.05) is 48.5 Å². The molecule has 2 aliphatic heterocycles. The molecular weight excluding hydrogens is 360 g/mol. The molecule has 1 amide bonds. The van der Waals surface area contributed by atoms with Gasteiger partial charge in [-0.15, -0.1) is 0 Å². The molecule has 29 heavy (non-hydrogen) atoms. The molecule has 2 N–H and O–H groups in total. The number of fused-ring (bicyclic) bond motifs is 2. The van der Waals surface area contributed by atoms with E-state index in [1.54, 1.807) is 0 Å². The van der Waals surface area contributed by atoms with Crippen molar-refractivity contribution in [1.82, 2.24) is 5.32 Å². The lowest BCUT2D eigenvalue weighted by Crippen LogP contribution is -2.43. The van der Waals surface area contributed by atoms with Crippen LogP contribution in [0.15, 0.2) is 72.8 Å². The van der Waals surface area contributed by atoms with Crippen LogP contribution in [-0.4, -0.2) is 32.1 Å². The standard InChI is InChI=1S/C24H24N4O/c29-24-19-9-6-12-22(27-15-13-25-14-16-27)23(19)26-20-10-4-5-11-21(20)28(24)17-18-7-2-1-3-8-18/h1-12,25-26H,13-17H2. The summed E-state index contributed by atoms with van der Waals surface area (Å²) in [7, 11) is 0. The largest absolute Gasteiger partial charge is 0.367 e. The van der Waals surface area contributed by atoms with Crippen LogP contribution in [0.25, 0.3) is 0 Å². The zero-order chi connectivity index (χ0) is 19.6. The molecule has 2 heterocycles. The molecule has 0 atom stereocenters. The van der Waals surface area contributed by atoms with E-state index in [1.165, 1.54) is 0 Å². The topological polar surface area (TPSA) is 47.6 Å². The first-order valence-electron chi connectivity index (χ1n) is 10.1. The second kappa shape index (κ2) is 7.60. The molecule has 5 rings (SSSR count). The van der Waals surface area contributed by atoms with Gasteiger partial charge in [0.15, 0.2) is 0 Å². The molecule has 0 unspecified atom stereocenters. The Morgan fingerprint density at radius 1 is 0.793 bits per heavy atom. The van der Waals surface area contributed by atoms with E-state index in [-0.39, 0.29) is 5.91 Å². The fourth-order valence-electron chi connectivity index (χ4n) is 4.15. The Kier molecular flexibility index (Phi) is 4.66. The predicted molar refractivity (Wildman–Crippen MR) is 118 cm³/mol. The van der Waals surface area contributed by atoms with E-state index >= 15 is 0 Å². The molecule has 0 radical (unpaired) electrons. The molecule has 5 heteroatoms. The molecule has 3 aromatic rings. The van der Waals surface area contributed by atoms with Crippen molar-refractivity contribution in [3.8, 4) is 0 Å². The van der Waals surface area contributed by atoms with Crippen molar-refractivity contribution in [2.24, 2.45) is 0 Å². The summed E-state index contributed by atoms with van der Waals surface area (Å²) >= 11 is 0. The lowest BCUT2D eigenvalue weighted by Gasteiger charge is -2.31. The SMILES string of the molecule is O=C1c2cccc(N3CCNCC3)c2Nc2ccccc2N1Cc1ccccc1. The Hall–Kier alpha value is -3.31. The fraction of sp³-hybridized carbons (Fsp3) is 0.208. The first-order chi connectivity index (χ1) is 14.3. The number of anilines is 4. The number of amides is 1. The van der Waals surface area contributed by atoms with Crippen LogP contribution in [0, 0.1) is 0 Å². The van der Waals surface area contributed by atoms with Crippen LogP contribution >= 0.6 is 0 Å². The zero-order valence-corrected chi connectivity index (χ0v) is 16.3. The molecule has 1 saturated heterocycles. The average Bonchev–Trinajstić information content (AvgIpc) is 2.90. The van der Waals surface area contributed by atoms with Crippen LogP contribution in [-0.2, 0) is 6.54 Å². The highest BCUT2D eigenvalue weighted by Crippen LogP contribution is 2.40. The first-order valence-corrected chi connectivity index (χ1v) is 10.1. The molecule has 0 aromatic heterocycles. The van der Waals surface area contributed by atoms with Crippen LogP contribution < -0.4 is 20.4 Å². The molecule has 146 valence electrons. The van der Waals surface area contributed by atoms with Gasteiger partial charge in [0.1, 0.15) is 0 Å². The third-order valence-electron chi connectivity index (χ3n) is 5.61. The summed E-state index contributed by atoms with van der Waals surface area (Å²) in [6.45, 7) is 4.31. The van der Waals surface area contributed by atoms with Gasteiger partial charge in [0.05, 0.1) is 34.9 Å². The fourth-order valence-corrected chi connectivity index (χ4v) is 4.15. The number of para-hydroxylation sites is 3. The quantitative estimate of drug-likeness (QED) is 0.717. The van der Waals surface area contributed by atoms with Crippen LogP contribution in [0.2, 0.25) is 0 Å². The first kappa shape index (κ1) is 17.8. The van der Waals surface area contributed by atoms with Gasteiger partial charge >= 0.3 is 0 Å². The maximum atomic E-state index is 13.7. The van der Waals surface area contributed by atoms with E-state index in [9.17, 15) is 4.79 Å². The van der Waals surface area contributed by atoms with Gasteiger partial charge in [0, 0.05) is 26.2 Å². The normalized spacial score (nSPS) is 15.9. The molecule has 0 spiro atoms. The third-order valence-corrected chi connectivity index (χ3v) is 5.61. The molecule has 5 nitrogen and oxygen atoms in total. The summed E-state index contributed by atoms with van der Waals surface area (Å²) in [5.74, 6) is 0.0262. The van der Waals surface area contributed by atoms with Crippen molar-refractivity contribution in [3.05, 3.63) is 83.9 Å². The smallest absolute Gasteiger partial charge is 0.260 e. The molecule has 1 fully saturated rings. The Bertz CT molecular complexity index is 1030. The summed E-state index contributed by atoms with van der Waals surface area (Å²) in [5.41, 5.74) is 5.68. The molecule has 2 aliphatic rings. The summed E-state index contributed by atoms with van der Waals surface area (Å²) in [6.07, 6.45) is 0. The molecule has 0 bridgehead atoms. The maximum absolute atomic E-state index is 13.7. The van der Waals surface area contributed by atoms with E-state index in [1.807, 2.05) is 59.5 Å². The van der Waals surface area contributed by atoms with Gasteiger partial charge in [-0.25, -0.2) is 0 Å². The Balaban J connectivity index is 1.61. The molecular formula is C24H24N4O. The number of hydrogen-bond acceptors (Lipinski definition) is 4. The Morgan fingerprint density at radius 2 is 1.52 bits per heavy atom. The lowest BCUT2D eigenvalue weighted by molar-refractivity contribution is 0.0986. The monoisotopic (exact) mass is 384 g/mol. The minimum absolute atomic E-state index is 0.0262. The number of piperazine rings is 1. The maximum Gasteiger partial charge on any atom is 0.260 e. The van der Waals surface area contributed by atoms with Crippen LogP contribution in [0.5, 0.6) is 0 Å². The highest BCUT2D eigenvalue weighted by atomic mass is 16.2.